The Morgan fingerprint density at radius 1 is 0.631 bits per heavy atom. The minimum atomic E-state index is -1.68. The first kappa shape index (κ1) is 72.7. The molecule has 1 aliphatic heterocycles. The summed E-state index contributed by atoms with van der Waals surface area (Å²) < 4.78 is 0. The molecule has 0 aromatic heterocycles. The van der Waals surface area contributed by atoms with E-state index < -0.39 is 157 Å². The first-order chi connectivity index (χ1) is 39.7. The highest BCUT2D eigenvalue weighted by molar-refractivity contribution is 6.30. The van der Waals surface area contributed by atoms with Gasteiger partial charge in [-0.1, -0.05) is 67.9 Å². The summed E-state index contributed by atoms with van der Waals surface area (Å²) in [6.45, 7) is 5.62. The number of hydrogen-bond donors (Lipinski definition) is 18. The lowest BCUT2D eigenvalue weighted by Crippen LogP contribution is -2.62. The van der Waals surface area contributed by atoms with Crippen LogP contribution in [-0.4, -0.2) is 186 Å². The Kier molecular flexibility index (Phi) is 32.7. The average Bonchev–Trinajstić information content (AvgIpc) is 3.58. The third kappa shape index (κ3) is 25.6. The van der Waals surface area contributed by atoms with Crippen LogP contribution >= 0.6 is 11.6 Å². The zero-order valence-electron chi connectivity index (χ0n) is 48.0. The molecule has 3 rings (SSSR count). The van der Waals surface area contributed by atoms with Crippen molar-refractivity contribution in [2.45, 2.75) is 152 Å². The van der Waals surface area contributed by atoms with Gasteiger partial charge in [-0.2, -0.15) is 0 Å². The maximum atomic E-state index is 14.4. The van der Waals surface area contributed by atoms with Gasteiger partial charge in [-0.3, -0.25) is 52.7 Å². The molecule has 10 amide bonds. The zero-order valence-corrected chi connectivity index (χ0v) is 48.7. The molecule has 0 saturated carbocycles. The molecule has 468 valence electrons. The minimum Gasteiger partial charge on any atom is -0.481 e. The topological polar surface area (TPSA) is 499 Å². The second kappa shape index (κ2) is 37.7. The van der Waals surface area contributed by atoms with E-state index in [0.717, 1.165) is 6.92 Å². The Morgan fingerprint density at radius 2 is 1.13 bits per heavy atom. The monoisotopic (exact) mass is 1200 g/mol. The largest absolute Gasteiger partial charge is 0.481 e. The SMILES string of the molecule is CC(=O)O.CC(C)C[C@@H]1NC(=O)[C@@H](Cc2ccccc2)NC(=O)[C@H](CCN)NC(=O)[C@@H](NC(=O)[C@H](CN)NC(=O)[C@@H](NC(=O)C[C@H](CN)c2cccc(Cl)c2)[C@@H](C)O)CCNC(=O)[C@H]([C@@H](C)O)NC(=O)[C@H](CCN)NC(=O)[C@H](CCN)NC1=O. The van der Waals surface area contributed by atoms with Crippen molar-refractivity contribution in [3.63, 3.8) is 0 Å². The van der Waals surface area contributed by atoms with Crippen LogP contribution < -0.4 is 81.8 Å². The van der Waals surface area contributed by atoms with E-state index in [-0.39, 0.29) is 70.6 Å². The number of aliphatic hydroxyl groups is 2. The summed E-state index contributed by atoms with van der Waals surface area (Å²) in [6.07, 6.45) is -4.32. The number of nitrogens with one attached hydrogen (secondary N) is 10. The highest BCUT2D eigenvalue weighted by Gasteiger charge is 2.37. The number of amides is 10. The number of carbonyl (C=O) groups excluding carboxylic acids is 10. The van der Waals surface area contributed by atoms with Gasteiger partial charge in [-0.05, 0) is 101 Å². The molecule has 2 aromatic rings. The number of carboxylic acids is 1. The minimum absolute atomic E-state index is 0.0295. The molecule has 1 fully saturated rings. The summed E-state index contributed by atoms with van der Waals surface area (Å²) in [7, 11) is 0. The van der Waals surface area contributed by atoms with Crippen molar-refractivity contribution in [3.05, 3.63) is 70.7 Å². The summed E-state index contributed by atoms with van der Waals surface area (Å²) in [5, 5.41) is 54.5. The van der Waals surface area contributed by atoms with Gasteiger partial charge in [0.15, 0.2) is 0 Å². The second-order valence-corrected chi connectivity index (χ2v) is 21.0. The first-order valence-corrected chi connectivity index (χ1v) is 27.9. The number of hydrogen-bond acceptors (Lipinski definition) is 18. The second-order valence-electron chi connectivity index (χ2n) is 20.5. The molecule has 1 aliphatic rings. The Labute approximate surface area is 492 Å². The number of carbonyl (C=O) groups is 11. The van der Waals surface area contributed by atoms with Crippen molar-refractivity contribution < 1.29 is 68.1 Å². The van der Waals surface area contributed by atoms with Crippen molar-refractivity contribution in [2.75, 3.05) is 39.3 Å². The lowest BCUT2D eigenvalue weighted by molar-refractivity contribution is -0.136. The van der Waals surface area contributed by atoms with Crippen LogP contribution in [0.2, 0.25) is 5.02 Å². The quantitative estimate of drug-likeness (QED) is 0.0524. The molecule has 1 heterocycles. The van der Waals surface area contributed by atoms with Crippen LogP contribution in [0.1, 0.15) is 90.2 Å². The van der Waals surface area contributed by atoms with Crippen molar-refractivity contribution in [3.8, 4) is 0 Å². The number of aliphatic carboxylic acids is 1. The molecule has 0 unspecified atom stereocenters. The molecule has 23 N–H and O–H groups in total. The molecule has 84 heavy (non-hydrogen) atoms. The van der Waals surface area contributed by atoms with E-state index in [1.807, 2.05) is 0 Å². The molecule has 0 spiro atoms. The Bertz CT molecular complexity index is 2510. The fourth-order valence-corrected chi connectivity index (χ4v) is 8.73. The molecule has 12 atom stereocenters. The molecule has 1 saturated heterocycles. The lowest BCUT2D eigenvalue weighted by atomic mass is 9.95. The van der Waals surface area contributed by atoms with Gasteiger partial charge in [-0.15, -0.1) is 0 Å². The maximum Gasteiger partial charge on any atom is 0.300 e. The summed E-state index contributed by atoms with van der Waals surface area (Å²) >= 11 is 6.14. The molecule has 0 aliphatic carbocycles. The molecular weight excluding hydrogens is 1120 g/mol. The zero-order chi connectivity index (χ0) is 63.2. The Balaban J connectivity index is 0.00000582. The van der Waals surface area contributed by atoms with Crippen LogP contribution in [0, 0.1) is 5.92 Å². The van der Waals surface area contributed by atoms with Gasteiger partial charge < -0.3 is 97.2 Å². The maximum absolute atomic E-state index is 14.4. The van der Waals surface area contributed by atoms with E-state index in [0.29, 0.717) is 16.1 Å². The van der Waals surface area contributed by atoms with Gasteiger partial charge in [0.25, 0.3) is 5.97 Å². The van der Waals surface area contributed by atoms with Crippen molar-refractivity contribution in [1.29, 1.82) is 0 Å². The van der Waals surface area contributed by atoms with Crippen LogP contribution in [-0.2, 0) is 59.2 Å². The average molecular weight is 1200 g/mol. The Hall–Kier alpha value is -7.38. The highest BCUT2D eigenvalue weighted by atomic mass is 35.5. The van der Waals surface area contributed by atoms with Gasteiger partial charge in [0.1, 0.15) is 54.4 Å². The lowest BCUT2D eigenvalue weighted by Gasteiger charge is -2.28. The van der Waals surface area contributed by atoms with Gasteiger partial charge in [0.05, 0.1) is 12.2 Å². The van der Waals surface area contributed by atoms with Gasteiger partial charge >= 0.3 is 0 Å². The number of benzene rings is 2. The fourth-order valence-electron chi connectivity index (χ4n) is 8.53. The van der Waals surface area contributed by atoms with E-state index in [1.54, 1.807) is 68.4 Å². The predicted octanol–water partition coefficient (Wildman–Crippen LogP) is -5.20. The van der Waals surface area contributed by atoms with E-state index >= 15 is 0 Å². The molecule has 29 nitrogen and oxygen atoms in total. The van der Waals surface area contributed by atoms with Crippen molar-refractivity contribution in [2.24, 2.45) is 34.6 Å². The fraction of sp³-hybridized carbons (Fsp3) is 0.574. The summed E-state index contributed by atoms with van der Waals surface area (Å²) in [6, 6.07) is 1.70. The third-order valence-corrected chi connectivity index (χ3v) is 13.2. The number of halogens is 1. The van der Waals surface area contributed by atoms with Crippen LogP contribution in [0.25, 0.3) is 0 Å². The van der Waals surface area contributed by atoms with Crippen LogP contribution in [0.4, 0.5) is 0 Å². The van der Waals surface area contributed by atoms with Crippen molar-refractivity contribution >= 4 is 76.6 Å². The van der Waals surface area contributed by atoms with E-state index in [4.69, 9.17) is 50.2 Å². The first-order valence-electron chi connectivity index (χ1n) is 27.6. The van der Waals surface area contributed by atoms with Crippen molar-refractivity contribution in [1.82, 2.24) is 53.2 Å². The smallest absolute Gasteiger partial charge is 0.300 e. The molecule has 30 heteroatoms. The highest BCUT2D eigenvalue weighted by Crippen LogP contribution is 2.22. The third-order valence-electron chi connectivity index (χ3n) is 12.9. The van der Waals surface area contributed by atoms with E-state index in [1.165, 1.54) is 13.8 Å². The summed E-state index contributed by atoms with van der Waals surface area (Å²) in [5.74, 6) is -10.7. The van der Waals surface area contributed by atoms with Crippen LogP contribution in [0.5, 0.6) is 0 Å². The van der Waals surface area contributed by atoms with Gasteiger partial charge in [-0.25, -0.2) is 0 Å². The number of rotatable bonds is 22. The Morgan fingerprint density at radius 3 is 1.62 bits per heavy atom. The number of nitrogens with two attached hydrogens (primary N) is 5. The number of carboxylic acid groups (broad SMARTS) is 1. The predicted molar refractivity (Wildman–Crippen MR) is 309 cm³/mol. The summed E-state index contributed by atoms with van der Waals surface area (Å²) in [5.41, 5.74) is 30.8. The van der Waals surface area contributed by atoms with Gasteiger partial charge in [0, 0.05) is 43.8 Å². The summed E-state index contributed by atoms with van der Waals surface area (Å²) in [4.78, 5) is 149. The normalized spacial score (nSPS) is 22.4. The standard InChI is InChI=1S/C52H82ClN15O12.C2H4O2/c1-27(2)21-38-48(76)62-34(13-17-54)44(72)61-36(15-19-56)47(75)68-42(28(3)69)51(79)59-20-16-37(46(74)60-35(14-18-55)45(73)65-39(49(77)64-38)22-30-9-6-5-7-10-30)63-50(78)40(26-58)66-52(80)43(29(4)70)67-41(71)24-32(25-57)31-11-8-12-33(53)23-31;1-2(3)4/h5-12,23,27-29,32,34-40,42-43,69-70H,13-22,24-26,54-58H2,1-4H3,(H,59,79)(H,60,74)(H,61,72)(H,62,76)(H,63,78)(H,64,77)(H,65,73)(H,66,80)(H,67,71)(H,68,75);1H3,(H,3,4)/t28-,29-,32-,34+,35+,36+,37+,38+,39-,40+,42+,43+;/m1./s1. The molecular formula is C54H86ClN15O14. The van der Waals surface area contributed by atoms with E-state index in [2.05, 4.69) is 53.2 Å². The van der Waals surface area contributed by atoms with Crippen LogP contribution in [0.15, 0.2) is 54.6 Å². The van der Waals surface area contributed by atoms with E-state index in [9.17, 15) is 58.2 Å². The molecule has 0 radical (unpaired) electrons. The molecule has 2 aromatic carbocycles. The van der Waals surface area contributed by atoms with Crippen LogP contribution in [0.3, 0.4) is 0 Å². The van der Waals surface area contributed by atoms with Gasteiger partial charge in [0.2, 0.25) is 59.1 Å². The number of aliphatic hydroxyl groups excluding tert-OH is 2. The molecule has 0 bridgehead atoms.